The molecule has 0 aromatic heterocycles. The molecular formula is C19H21F5O. The maximum atomic E-state index is 14.3. The zero-order valence-corrected chi connectivity index (χ0v) is 13.8. The average Bonchev–Trinajstić information content (AvgIpc) is 2.57. The van der Waals surface area contributed by atoms with E-state index in [1.54, 1.807) is 0 Å². The van der Waals surface area contributed by atoms with Crippen molar-refractivity contribution < 1.29 is 26.7 Å². The molecule has 1 nitrogen and oxygen atoms in total. The van der Waals surface area contributed by atoms with Crippen molar-refractivity contribution >= 4 is 0 Å². The van der Waals surface area contributed by atoms with Gasteiger partial charge in [-0.25, -0.2) is 8.78 Å². The van der Waals surface area contributed by atoms with Gasteiger partial charge in [-0.05, 0) is 79.9 Å². The van der Waals surface area contributed by atoms with Crippen molar-refractivity contribution in [1.29, 1.82) is 0 Å². The van der Waals surface area contributed by atoms with E-state index in [0.29, 0.717) is 42.6 Å². The van der Waals surface area contributed by atoms with Gasteiger partial charge in [-0.15, -0.1) is 19.8 Å². The Morgan fingerprint density at radius 3 is 2.32 bits per heavy atom. The van der Waals surface area contributed by atoms with Crippen LogP contribution in [-0.2, 0) is 12.8 Å². The van der Waals surface area contributed by atoms with Crippen molar-refractivity contribution in [1.82, 2.24) is 0 Å². The van der Waals surface area contributed by atoms with Crippen LogP contribution in [0.15, 0.2) is 18.7 Å². The third-order valence-corrected chi connectivity index (χ3v) is 5.65. The SMILES string of the molecule is C=CC1CCC(C2CCc3c(cc(F)c(OC(F)(F)F)c3F)C2)CC1. The van der Waals surface area contributed by atoms with E-state index in [0.717, 1.165) is 31.7 Å². The minimum Gasteiger partial charge on any atom is -0.399 e. The second-order valence-electron chi connectivity index (χ2n) is 7.10. The van der Waals surface area contributed by atoms with Crippen LogP contribution >= 0.6 is 0 Å². The summed E-state index contributed by atoms with van der Waals surface area (Å²) in [5, 5.41) is 0. The van der Waals surface area contributed by atoms with Crippen LogP contribution in [0.2, 0.25) is 0 Å². The number of fused-ring (bicyclic) bond motifs is 1. The van der Waals surface area contributed by atoms with E-state index in [1.165, 1.54) is 0 Å². The number of halogens is 5. The van der Waals surface area contributed by atoms with Gasteiger partial charge in [0, 0.05) is 0 Å². The number of ether oxygens (including phenoxy) is 1. The van der Waals surface area contributed by atoms with Crippen molar-refractivity contribution in [2.45, 2.75) is 51.3 Å². The topological polar surface area (TPSA) is 9.23 Å². The number of rotatable bonds is 3. The molecule has 0 N–H and O–H groups in total. The van der Waals surface area contributed by atoms with Crippen molar-refractivity contribution in [2.75, 3.05) is 0 Å². The van der Waals surface area contributed by atoms with Crippen LogP contribution in [-0.4, -0.2) is 6.36 Å². The highest BCUT2D eigenvalue weighted by atomic mass is 19.4. The predicted molar refractivity (Wildman–Crippen MR) is 84.2 cm³/mol. The van der Waals surface area contributed by atoms with E-state index in [4.69, 9.17) is 0 Å². The lowest BCUT2D eigenvalue weighted by molar-refractivity contribution is -0.276. The zero-order chi connectivity index (χ0) is 18.2. The lowest BCUT2D eigenvalue weighted by atomic mass is 9.70. The lowest BCUT2D eigenvalue weighted by Crippen LogP contribution is -2.27. The molecule has 1 saturated carbocycles. The molecule has 2 aliphatic carbocycles. The Morgan fingerprint density at radius 2 is 1.72 bits per heavy atom. The molecule has 1 unspecified atom stereocenters. The maximum Gasteiger partial charge on any atom is 0.573 e. The monoisotopic (exact) mass is 360 g/mol. The van der Waals surface area contributed by atoms with Crippen molar-refractivity contribution in [3.63, 3.8) is 0 Å². The highest BCUT2D eigenvalue weighted by Gasteiger charge is 2.37. The molecule has 0 saturated heterocycles. The Balaban J connectivity index is 1.77. The molecule has 6 heteroatoms. The summed E-state index contributed by atoms with van der Waals surface area (Å²) in [6.07, 6.45) is 2.71. The first-order valence-corrected chi connectivity index (χ1v) is 8.66. The molecule has 0 bridgehead atoms. The largest absolute Gasteiger partial charge is 0.573 e. The van der Waals surface area contributed by atoms with E-state index in [2.05, 4.69) is 11.3 Å². The van der Waals surface area contributed by atoms with Gasteiger partial charge in [-0.3, -0.25) is 0 Å². The van der Waals surface area contributed by atoms with Crippen LogP contribution in [0.1, 0.15) is 43.2 Å². The van der Waals surface area contributed by atoms with Gasteiger partial charge in [0.1, 0.15) is 0 Å². The van der Waals surface area contributed by atoms with Crippen LogP contribution < -0.4 is 4.74 Å². The summed E-state index contributed by atoms with van der Waals surface area (Å²) in [7, 11) is 0. The van der Waals surface area contributed by atoms with E-state index in [-0.39, 0.29) is 5.56 Å². The molecule has 1 aromatic carbocycles. The van der Waals surface area contributed by atoms with Crippen molar-refractivity contribution in [2.24, 2.45) is 17.8 Å². The number of hydrogen-bond donors (Lipinski definition) is 0. The van der Waals surface area contributed by atoms with E-state index in [9.17, 15) is 22.0 Å². The fourth-order valence-corrected chi connectivity index (χ4v) is 4.32. The molecule has 0 radical (unpaired) electrons. The van der Waals surface area contributed by atoms with Crippen LogP contribution in [0.5, 0.6) is 5.75 Å². The van der Waals surface area contributed by atoms with Crippen LogP contribution in [0, 0.1) is 29.4 Å². The van der Waals surface area contributed by atoms with Crippen molar-refractivity contribution in [3.05, 3.63) is 41.5 Å². The van der Waals surface area contributed by atoms with Crippen LogP contribution in [0.4, 0.5) is 22.0 Å². The highest BCUT2D eigenvalue weighted by Crippen LogP contribution is 2.42. The number of hydrogen-bond acceptors (Lipinski definition) is 1. The van der Waals surface area contributed by atoms with Gasteiger partial charge in [0.2, 0.25) is 5.75 Å². The van der Waals surface area contributed by atoms with E-state index >= 15 is 0 Å². The fraction of sp³-hybridized carbons (Fsp3) is 0.579. The summed E-state index contributed by atoms with van der Waals surface area (Å²) in [5.41, 5.74) is 0.642. The number of alkyl halides is 3. The molecule has 1 fully saturated rings. The molecule has 25 heavy (non-hydrogen) atoms. The first kappa shape index (κ1) is 18.2. The van der Waals surface area contributed by atoms with Gasteiger partial charge in [0.25, 0.3) is 0 Å². The summed E-state index contributed by atoms with van der Waals surface area (Å²) in [4.78, 5) is 0. The Hall–Kier alpha value is -1.59. The van der Waals surface area contributed by atoms with Gasteiger partial charge in [-0.2, -0.15) is 0 Å². The number of benzene rings is 1. The Labute approximate surface area is 143 Å². The van der Waals surface area contributed by atoms with Gasteiger partial charge in [-0.1, -0.05) is 6.08 Å². The van der Waals surface area contributed by atoms with E-state index in [1.807, 2.05) is 6.08 Å². The van der Waals surface area contributed by atoms with E-state index < -0.39 is 23.7 Å². The Kier molecular flexibility index (Phi) is 5.07. The second-order valence-corrected chi connectivity index (χ2v) is 7.10. The average molecular weight is 360 g/mol. The summed E-state index contributed by atoms with van der Waals surface area (Å²) in [6, 6.07) is 1.01. The Morgan fingerprint density at radius 1 is 1.04 bits per heavy atom. The minimum absolute atomic E-state index is 0.164. The van der Waals surface area contributed by atoms with Gasteiger partial charge in [0.15, 0.2) is 11.6 Å². The minimum atomic E-state index is -5.11. The normalized spacial score (nSPS) is 26.8. The van der Waals surface area contributed by atoms with Crippen LogP contribution in [0.3, 0.4) is 0 Å². The summed E-state index contributed by atoms with van der Waals surface area (Å²) in [6.45, 7) is 3.83. The van der Waals surface area contributed by atoms with Gasteiger partial charge in [0.05, 0.1) is 0 Å². The summed E-state index contributed by atoms with van der Waals surface area (Å²) >= 11 is 0. The third-order valence-electron chi connectivity index (χ3n) is 5.65. The zero-order valence-electron chi connectivity index (χ0n) is 13.8. The smallest absolute Gasteiger partial charge is 0.399 e. The highest BCUT2D eigenvalue weighted by molar-refractivity contribution is 5.41. The Bertz CT molecular complexity index is 644. The summed E-state index contributed by atoms with van der Waals surface area (Å²) < 4.78 is 68.8. The van der Waals surface area contributed by atoms with Gasteiger partial charge < -0.3 is 4.74 Å². The van der Waals surface area contributed by atoms with Crippen molar-refractivity contribution in [3.8, 4) is 5.75 Å². The predicted octanol–water partition coefficient (Wildman–Crippen LogP) is 5.96. The first-order valence-electron chi connectivity index (χ1n) is 8.66. The summed E-state index contributed by atoms with van der Waals surface area (Å²) in [5.74, 6) is -2.46. The molecule has 0 aliphatic heterocycles. The maximum absolute atomic E-state index is 14.3. The molecular weight excluding hydrogens is 339 g/mol. The lowest BCUT2D eigenvalue weighted by Gasteiger charge is -2.36. The quantitative estimate of drug-likeness (QED) is 0.477. The first-order chi connectivity index (χ1) is 11.8. The second kappa shape index (κ2) is 6.96. The molecule has 0 amide bonds. The molecule has 0 spiro atoms. The molecule has 1 aromatic rings. The molecule has 138 valence electrons. The number of allylic oxidation sites excluding steroid dienone is 1. The molecule has 2 aliphatic rings. The fourth-order valence-electron chi connectivity index (χ4n) is 4.32. The van der Waals surface area contributed by atoms with Gasteiger partial charge >= 0.3 is 6.36 Å². The standard InChI is InChI=1S/C19H21F5O/c1-2-11-3-5-12(6-4-11)13-7-8-15-14(9-13)10-16(20)18(17(15)21)25-19(22,23)24/h2,10-13H,1,3-9H2. The third kappa shape index (κ3) is 3.98. The van der Waals surface area contributed by atoms with Crippen LogP contribution in [0.25, 0.3) is 0 Å². The molecule has 1 atom stereocenters. The molecule has 3 rings (SSSR count). The molecule has 0 heterocycles.